The number of ketones is 1. The van der Waals surface area contributed by atoms with Crippen molar-refractivity contribution in [3.8, 4) is 11.5 Å². The monoisotopic (exact) mass is 343 g/mol. The van der Waals surface area contributed by atoms with Gasteiger partial charge in [0.25, 0.3) is 5.69 Å². The molecule has 0 saturated heterocycles. The highest BCUT2D eigenvalue weighted by Gasteiger charge is 2.25. The maximum Gasteiger partial charge on any atom is 0.308 e. The molecule has 0 atom stereocenters. The molecule has 2 aromatic rings. The molecule has 0 aromatic heterocycles. The lowest BCUT2D eigenvalue weighted by Crippen LogP contribution is -2.09. The Morgan fingerprint density at radius 1 is 1.12 bits per heavy atom. The zero-order valence-electron chi connectivity index (χ0n) is 13.9. The van der Waals surface area contributed by atoms with Gasteiger partial charge in [0.2, 0.25) is 0 Å². The van der Waals surface area contributed by atoms with Crippen LogP contribution in [0, 0.1) is 10.1 Å². The van der Waals surface area contributed by atoms with Gasteiger partial charge in [-0.05, 0) is 12.0 Å². The van der Waals surface area contributed by atoms with Gasteiger partial charge in [0.05, 0.1) is 23.7 Å². The molecule has 0 aliphatic heterocycles. The summed E-state index contributed by atoms with van der Waals surface area (Å²) in [4.78, 5) is 34.2. The smallest absolute Gasteiger partial charge is 0.308 e. The van der Waals surface area contributed by atoms with Crippen molar-refractivity contribution in [2.45, 2.75) is 19.8 Å². The predicted molar refractivity (Wildman–Crippen MR) is 90.1 cm³/mol. The van der Waals surface area contributed by atoms with Crippen molar-refractivity contribution in [2.24, 2.45) is 0 Å². The van der Waals surface area contributed by atoms with E-state index in [1.54, 1.807) is 0 Å². The summed E-state index contributed by atoms with van der Waals surface area (Å²) in [5, 5.41) is 11.3. The van der Waals surface area contributed by atoms with Crippen LogP contribution in [-0.4, -0.2) is 23.8 Å². The molecule has 2 aromatic carbocycles. The average Bonchev–Trinajstić information content (AvgIpc) is 2.59. The van der Waals surface area contributed by atoms with Crippen molar-refractivity contribution in [1.29, 1.82) is 0 Å². The van der Waals surface area contributed by atoms with Crippen LogP contribution >= 0.6 is 0 Å². The zero-order valence-corrected chi connectivity index (χ0v) is 13.9. The Hall–Kier alpha value is -3.22. The van der Waals surface area contributed by atoms with Crippen LogP contribution in [0.15, 0.2) is 42.5 Å². The fourth-order valence-electron chi connectivity index (χ4n) is 2.35. The molecule has 0 unspecified atom stereocenters. The lowest BCUT2D eigenvalue weighted by atomic mass is 10.0. The van der Waals surface area contributed by atoms with E-state index >= 15 is 0 Å². The molecule has 0 spiro atoms. The minimum Gasteiger partial charge on any atom is -0.493 e. The molecule has 25 heavy (non-hydrogen) atoms. The molecule has 2 rings (SSSR count). The quantitative estimate of drug-likeness (QED) is 0.251. The molecular weight excluding hydrogens is 326 g/mol. The Morgan fingerprint density at radius 2 is 1.80 bits per heavy atom. The lowest BCUT2D eigenvalue weighted by molar-refractivity contribution is -0.385. The number of benzene rings is 2. The number of esters is 1. The highest BCUT2D eigenvalue weighted by atomic mass is 16.6. The van der Waals surface area contributed by atoms with Gasteiger partial charge in [-0.2, -0.15) is 0 Å². The van der Waals surface area contributed by atoms with Crippen molar-refractivity contribution >= 4 is 17.4 Å². The molecule has 0 bridgehead atoms. The summed E-state index contributed by atoms with van der Waals surface area (Å²) in [6.45, 7) is 1.17. The van der Waals surface area contributed by atoms with Crippen LogP contribution < -0.4 is 9.47 Å². The van der Waals surface area contributed by atoms with E-state index in [1.807, 2.05) is 30.3 Å². The summed E-state index contributed by atoms with van der Waals surface area (Å²) in [7, 11) is 1.33. The van der Waals surface area contributed by atoms with Crippen molar-refractivity contribution < 1.29 is 24.0 Å². The van der Waals surface area contributed by atoms with Gasteiger partial charge >= 0.3 is 5.97 Å². The number of Topliss-reactive ketones (excluding diaryl/α,β-unsaturated/α-hetero) is 1. The Balaban J connectivity index is 2.32. The first-order chi connectivity index (χ1) is 11.9. The van der Waals surface area contributed by atoms with Crippen LogP contribution in [-0.2, 0) is 11.2 Å². The molecule has 7 heteroatoms. The minimum atomic E-state index is -0.678. The van der Waals surface area contributed by atoms with Crippen LogP contribution in [0.5, 0.6) is 11.5 Å². The second kappa shape index (κ2) is 8.05. The Morgan fingerprint density at radius 3 is 2.36 bits per heavy atom. The van der Waals surface area contributed by atoms with Gasteiger partial charge in [-0.15, -0.1) is 0 Å². The number of rotatable bonds is 7. The predicted octanol–water partition coefficient (Wildman–Crippen LogP) is 3.34. The first-order valence-electron chi connectivity index (χ1n) is 7.54. The summed E-state index contributed by atoms with van der Waals surface area (Å²) in [6.07, 6.45) is 0.575. The largest absolute Gasteiger partial charge is 0.493 e. The number of hydrogen-bond acceptors (Lipinski definition) is 6. The van der Waals surface area contributed by atoms with Crippen LogP contribution in [0.3, 0.4) is 0 Å². The van der Waals surface area contributed by atoms with E-state index < -0.39 is 16.6 Å². The molecule has 130 valence electrons. The number of carbonyl (C=O) groups excluding carboxylic acids is 2. The van der Waals surface area contributed by atoms with Gasteiger partial charge in [-0.3, -0.25) is 19.7 Å². The van der Waals surface area contributed by atoms with Crippen LogP contribution in [0.4, 0.5) is 5.69 Å². The van der Waals surface area contributed by atoms with Gasteiger partial charge in [0.1, 0.15) is 0 Å². The molecule has 7 nitrogen and oxygen atoms in total. The summed E-state index contributed by atoms with van der Waals surface area (Å²) >= 11 is 0. The fourth-order valence-corrected chi connectivity index (χ4v) is 2.35. The molecule has 0 N–H and O–H groups in total. The molecule has 0 aliphatic rings. The van der Waals surface area contributed by atoms with Crippen LogP contribution in [0.25, 0.3) is 0 Å². The van der Waals surface area contributed by atoms with Gasteiger partial charge in [0.15, 0.2) is 17.3 Å². The van der Waals surface area contributed by atoms with Gasteiger partial charge in [-0.1, -0.05) is 30.3 Å². The van der Waals surface area contributed by atoms with E-state index in [9.17, 15) is 19.7 Å². The maximum atomic E-state index is 12.5. The van der Waals surface area contributed by atoms with Gasteiger partial charge in [0, 0.05) is 19.4 Å². The first kappa shape index (κ1) is 18.1. The molecule has 0 heterocycles. The Kier molecular flexibility index (Phi) is 5.84. The molecule has 0 aliphatic carbocycles. The number of ether oxygens (including phenoxy) is 2. The first-order valence-corrected chi connectivity index (χ1v) is 7.54. The van der Waals surface area contributed by atoms with Crippen molar-refractivity contribution in [2.75, 3.05) is 7.11 Å². The zero-order chi connectivity index (χ0) is 18.4. The Bertz CT molecular complexity index is 801. The summed E-state index contributed by atoms with van der Waals surface area (Å²) in [6, 6.07) is 11.6. The maximum absolute atomic E-state index is 12.5. The molecule has 0 fully saturated rings. The SMILES string of the molecule is COc1cc(C(=O)CCc2ccccc2)c([N+](=O)[O-])cc1OC(C)=O. The fraction of sp³-hybridized carbons (Fsp3) is 0.222. The molecule has 0 saturated carbocycles. The second-order valence-electron chi connectivity index (χ2n) is 5.28. The molecule has 0 amide bonds. The topological polar surface area (TPSA) is 95.7 Å². The molecular formula is C18H17NO6. The van der Waals surface area contributed by atoms with Crippen molar-refractivity contribution in [3.63, 3.8) is 0 Å². The average molecular weight is 343 g/mol. The van der Waals surface area contributed by atoms with Gasteiger partial charge in [-0.25, -0.2) is 0 Å². The van der Waals surface area contributed by atoms with Crippen molar-refractivity contribution in [1.82, 2.24) is 0 Å². The third-order valence-corrected chi connectivity index (χ3v) is 3.52. The number of nitrogens with zero attached hydrogens (tertiary/aromatic N) is 1. The summed E-state index contributed by atoms with van der Waals surface area (Å²) < 4.78 is 9.99. The third kappa shape index (κ3) is 4.63. The number of hydrogen-bond donors (Lipinski definition) is 0. The molecule has 0 radical (unpaired) electrons. The summed E-state index contributed by atoms with van der Waals surface area (Å²) in [5.41, 5.74) is 0.464. The van der Waals surface area contributed by atoms with Crippen molar-refractivity contribution in [3.05, 3.63) is 63.7 Å². The highest BCUT2D eigenvalue weighted by Crippen LogP contribution is 2.35. The van der Waals surface area contributed by atoms with Crippen LogP contribution in [0.2, 0.25) is 0 Å². The van der Waals surface area contributed by atoms with Crippen LogP contribution in [0.1, 0.15) is 29.3 Å². The van der Waals surface area contributed by atoms with E-state index in [0.717, 1.165) is 11.6 Å². The standard InChI is InChI=1S/C18H17NO6/c1-12(20)25-18-11-15(19(22)23)14(10-17(18)24-2)16(21)9-8-13-6-4-3-5-7-13/h3-7,10-11H,8-9H2,1-2H3. The number of carbonyl (C=O) groups is 2. The van der Waals surface area contributed by atoms with E-state index in [2.05, 4.69) is 0 Å². The normalized spacial score (nSPS) is 10.2. The Labute approximate surface area is 144 Å². The third-order valence-electron chi connectivity index (χ3n) is 3.52. The van der Waals surface area contributed by atoms with Gasteiger partial charge < -0.3 is 9.47 Å². The van der Waals surface area contributed by atoms with E-state index in [-0.39, 0.29) is 29.3 Å². The van der Waals surface area contributed by atoms with E-state index in [0.29, 0.717) is 6.42 Å². The summed E-state index contributed by atoms with van der Waals surface area (Å²) in [5.74, 6) is -1.04. The lowest BCUT2D eigenvalue weighted by Gasteiger charge is -2.10. The number of nitro groups is 1. The van der Waals surface area contributed by atoms with E-state index in [4.69, 9.17) is 9.47 Å². The minimum absolute atomic E-state index is 0.0753. The van der Waals surface area contributed by atoms with E-state index in [1.165, 1.54) is 20.1 Å². The highest BCUT2D eigenvalue weighted by molar-refractivity contribution is 6.00. The second-order valence-corrected chi connectivity index (χ2v) is 5.28. The number of nitro benzene ring substituents is 1. The number of methoxy groups -OCH3 is 1. The number of aryl methyl sites for hydroxylation is 1.